The molecule has 4 rings (SSSR count). The quantitative estimate of drug-likeness (QED) is 0.607. The molecule has 3 aromatic rings. The maximum absolute atomic E-state index is 5.33. The van der Waals surface area contributed by atoms with Crippen LogP contribution in [0.4, 0.5) is 0 Å². The van der Waals surface area contributed by atoms with E-state index in [1.54, 1.807) is 7.11 Å². The Balaban J connectivity index is 1.81. The lowest BCUT2D eigenvalue weighted by atomic mass is 9.95. The predicted molar refractivity (Wildman–Crippen MR) is 115 cm³/mol. The van der Waals surface area contributed by atoms with Crippen LogP contribution < -0.4 is 4.74 Å². The SMILES string of the molecule is COc1ccc(C2=NC(C)(C)CN2C(c2ccccc2)c2ccccc2)cc1. The lowest BCUT2D eigenvalue weighted by Crippen LogP contribution is -2.36. The summed E-state index contributed by atoms with van der Waals surface area (Å²) in [5, 5.41) is 0. The van der Waals surface area contributed by atoms with E-state index >= 15 is 0 Å². The number of hydrogen-bond donors (Lipinski definition) is 0. The van der Waals surface area contributed by atoms with Crippen LogP contribution in [0, 0.1) is 0 Å². The van der Waals surface area contributed by atoms with Gasteiger partial charge in [0, 0.05) is 12.1 Å². The Morgan fingerprint density at radius 2 is 1.36 bits per heavy atom. The average Bonchev–Trinajstić information content (AvgIpc) is 3.05. The van der Waals surface area contributed by atoms with Crippen molar-refractivity contribution < 1.29 is 4.74 Å². The zero-order chi connectivity index (χ0) is 19.6. The second-order valence-electron chi connectivity index (χ2n) is 7.83. The van der Waals surface area contributed by atoms with E-state index < -0.39 is 0 Å². The van der Waals surface area contributed by atoms with Crippen LogP contribution in [0.15, 0.2) is 89.9 Å². The maximum Gasteiger partial charge on any atom is 0.132 e. The zero-order valence-corrected chi connectivity index (χ0v) is 16.7. The zero-order valence-electron chi connectivity index (χ0n) is 16.7. The van der Waals surface area contributed by atoms with E-state index in [1.807, 2.05) is 12.1 Å². The highest BCUT2D eigenvalue weighted by Crippen LogP contribution is 2.36. The fourth-order valence-corrected chi connectivity index (χ4v) is 3.89. The van der Waals surface area contributed by atoms with Crippen LogP contribution in [-0.4, -0.2) is 29.9 Å². The summed E-state index contributed by atoms with van der Waals surface area (Å²) in [7, 11) is 1.69. The molecule has 3 aromatic carbocycles. The highest BCUT2D eigenvalue weighted by Gasteiger charge is 2.37. The number of methoxy groups -OCH3 is 1. The van der Waals surface area contributed by atoms with Crippen LogP contribution in [-0.2, 0) is 0 Å². The third kappa shape index (κ3) is 3.65. The Labute approximate surface area is 167 Å². The topological polar surface area (TPSA) is 24.8 Å². The lowest BCUT2D eigenvalue weighted by molar-refractivity contribution is 0.329. The van der Waals surface area contributed by atoms with Gasteiger partial charge in [-0.3, -0.25) is 4.99 Å². The van der Waals surface area contributed by atoms with E-state index in [-0.39, 0.29) is 11.6 Å². The number of ether oxygens (including phenoxy) is 1. The van der Waals surface area contributed by atoms with Crippen LogP contribution in [0.2, 0.25) is 0 Å². The molecule has 0 radical (unpaired) electrons. The van der Waals surface area contributed by atoms with Gasteiger partial charge in [0.1, 0.15) is 11.6 Å². The van der Waals surface area contributed by atoms with Crippen molar-refractivity contribution in [1.82, 2.24) is 4.90 Å². The summed E-state index contributed by atoms with van der Waals surface area (Å²) in [6.45, 7) is 5.26. The average molecular weight is 370 g/mol. The van der Waals surface area contributed by atoms with Gasteiger partial charge in [0.15, 0.2) is 0 Å². The van der Waals surface area contributed by atoms with Crippen LogP contribution in [0.1, 0.15) is 36.6 Å². The largest absolute Gasteiger partial charge is 0.497 e. The van der Waals surface area contributed by atoms with Crippen LogP contribution in [0.3, 0.4) is 0 Å². The van der Waals surface area contributed by atoms with E-state index in [4.69, 9.17) is 9.73 Å². The number of aliphatic imine (C=N–C) groups is 1. The normalized spacial score (nSPS) is 15.6. The second kappa shape index (κ2) is 7.51. The molecule has 0 fully saturated rings. The molecule has 1 aliphatic heterocycles. The van der Waals surface area contributed by atoms with Gasteiger partial charge in [0.05, 0.1) is 18.7 Å². The molecule has 0 aromatic heterocycles. The van der Waals surface area contributed by atoms with Crippen molar-refractivity contribution in [1.29, 1.82) is 0 Å². The fraction of sp³-hybridized carbons (Fsp3) is 0.240. The van der Waals surface area contributed by atoms with Gasteiger partial charge in [-0.25, -0.2) is 0 Å². The molecule has 3 heteroatoms. The molecule has 0 N–H and O–H groups in total. The van der Waals surface area contributed by atoms with Crippen molar-refractivity contribution in [2.24, 2.45) is 4.99 Å². The van der Waals surface area contributed by atoms with E-state index in [9.17, 15) is 0 Å². The molecular weight excluding hydrogens is 344 g/mol. The molecule has 0 saturated carbocycles. The summed E-state index contributed by atoms with van der Waals surface area (Å²) in [5.74, 6) is 1.89. The van der Waals surface area contributed by atoms with Crippen LogP contribution in [0.5, 0.6) is 5.75 Å². The smallest absolute Gasteiger partial charge is 0.132 e. The standard InChI is InChI=1S/C25H26N2O/c1-25(2)18-27(24(26-25)21-14-16-22(28-3)17-15-21)23(19-10-6-4-7-11-19)20-12-8-5-9-13-20/h4-17,23H,18H2,1-3H3. The Morgan fingerprint density at radius 3 is 1.86 bits per heavy atom. The number of benzene rings is 3. The molecule has 1 heterocycles. The maximum atomic E-state index is 5.33. The summed E-state index contributed by atoms with van der Waals surface area (Å²) in [5.41, 5.74) is 3.51. The number of nitrogens with zero attached hydrogens (tertiary/aromatic N) is 2. The van der Waals surface area contributed by atoms with Crippen LogP contribution in [0.25, 0.3) is 0 Å². The monoisotopic (exact) mass is 370 g/mol. The predicted octanol–water partition coefficient (Wildman–Crippen LogP) is 5.33. The van der Waals surface area contributed by atoms with Gasteiger partial charge in [-0.2, -0.15) is 0 Å². The van der Waals surface area contributed by atoms with E-state index in [2.05, 4.69) is 91.5 Å². The van der Waals surface area contributed by atoms with Crippen molar-refractivity contribution in [2.45, 2.75) is 25.4 Å². The van der Waals surface area contributed by atoms with Gasteiger partial charge < -0.3 is 9.64 Å². The third-order valence-corrected chi connectivity index (χ3v) is 5.13. The van der Waals surface area contributed by atoms with Crippen LogP contribution >= 0.6 is 0 Å². The number of rotatable bonds is 5. The van der Waals surface area contributed by atoms with Crippen molar-refractivity contribution >= 4 is 5.84 Å². The fourth-order valence-electron chi connectivity index (χ4n) is 3.89. The molecule has 28 heavy (non-hydrogen) atoms. The molecule has 3 nitrogen and oxygen atoms in total. The highest BCUT2D eigenvalue weighted by atomic mass is 16.5. The van der Waals surface area contributed by atoms with Gasteiger partial charge in [-0.05, 0) is 49.2 Å². The summed E-state index contributed by atoms with van der Waals surface area (Å²) in [6.07, 6.45) is 0. The van der Waals surface area contributed by atoms with Gasteiger partial charge in [0.25, 0.3) is 0 Å². The minimum absolute atomic E-state index is 0.116. The first-order valence-electron chi connectivity index (χ1n) is 9.68. The molecule has 142 valence electrons. The molecule has 1 aliphatic rings. The summed E-state index contributed by atoms with van der Waals surface area (Å²) in [4.78, 5) is 7.54. The third-order valence-electron chi connectivity index (χ3n) is 5.13. The molecule has 0 spiro atoms. The summed E-state index contributed by atoms with van der Waals surface area (Å²) < 4.78 is 5.33. The van der Waals surface area contributed by atoms with Gasteiger partial charge in [-0.1, -0.05) is 60.7 Å². The van der Waals surface area contributed by atoms with Crippen molar-refractivity contribution in [3.8, 4) is 5.75 Å². The van der Waals surface area contributed by atoms with Gasteiger partial charge in [0.2, 0.25) is 0 Å². The first kappa shape index (κ1) is 18.3. The lowest BCUT2D eigenvalue weighted by Gasteiger charge is -2.33. The number of hydrogen-bond acceptors (Lipinski definition) is 3. The highest BCUT2D eigenvalue weighted by molar-refractivity contribution is 6.01. The van der Waals surface area contributed by atoms with Crippen molar-refractivity contribution in [3.63, 3.8) is 0 Å². The summed E-state index contributed by atoms with van der Waals surface area (Å²) in [6, 6.07) is 29.7. The molecule has 0 unspecified atom stereocenters. The minimum atomic E-state index is -0.142. The van der Waals surface area contributed by atoms with Crippen molar-refractivity contribution in [3.05, 3.63) is 102 Å². The van der Waals surface area contributed by atoms with E-state index in [0.29, 0.717) is 0 Å². The first-order valence-corrected chi connectivity index (χ1v) is 9.68. The molecule has 0 bridgehead atoms. The molecule has 0 atom stereocenters. The molecule has 0 aliphatic carbocycles. The first-order chi connectivity index (χ1) is 13.6. The second-order valence-corrected chi connectivity index (χ2v) is 7.83. The Kier molecular flexibility index (Phi) is 4.91. The Hall–Kier alpha value is -3.07. The molecular formula is C25H26N2O. The van der Waals surface area contributed by atoms with E-state index in [0.717, 1.165) is 23.7 Å². The molecule has 0 amide bonds. The summed E-state index contributed by atoms with van der Waals surface area (Å²) >= 11 is 0. The number of amidine groups is 1. The Morgan fingerprint density at radius 1 is 0.821 bits per heavy atom. The Bertz CT molecular complexity index is 907. The van der Waals surface area contributed by atoms with E-state index in [1.165, 1.54) is 11.1 Å². The minimum Gasteiger partial charge on any atom is -0.497 e. The molecule has 0 saturated heterocycles. The van der Waals surface area contributed by atoms with Crippen molar-refractivity contribution in [2.75, 3.05) is 13.7 Å². The van der Waals surface area contributed by atoms with Gasteiger partial charge in [-0.15, -0.1) is 0 Å². The van der Waals surface area contributed by atoms with Gasteiger partial charge >= 0.3 is 0 Å².